The van der Waals surface area contributed by atoms with Gasteiger partial charge in [0.15, 0.2) is 0 Å². The second kappa shape index (κ2) is 6.83. The number of aliphatic hydroxyl groups excluding tert-OH is 3. The summed E-state index contributed by atoms with van der Waals surface area (Å²) in [6.07, 6.45) is 1.84. The van der Waals surface area contributed by atoms with Crippen molar-refractivity contribution in [2.75, 3.05) is 0 Å². The van der Waals surface area contributed by atoms with Crippen LogP contribution in [0.15, 0.2) is 12.3 Å². The summed E-state index contributed by atoms with van der Waals surface area (Å²) >= 11 is 0. The van der Waals surface area contributed by atoms with E-state index in [4.69, 9.17) is 0 Å². The summed E-state index contributed by atoms with van der Waals surface area (Å²) in [7, 11) is 0. The summed E-state index contributed by atoms with van der Waals surface area (Å²) in [5, 5.41) is 28.6. The van der Waals surface area contributed by atoms with Crippen LogP contribution in [0.1, 0.15) is 37.6 Å². The van der Waals surface area contributed by atoms with Crippen molar-refractivity contribution in [2.24, 2.45) is 0 Å². The maximum Gasteiger partial charge on any atom is 0.0567 e. The van der Waals surface area contributed by atoms with Crippen LogP contribution in [-0.4, -0.2) is 38.6 Å². The topological polar surface area (TPSA) is 73.6 Å². The maximum absolute atomic E-state index is 9.57. The second-order valence-electron chi connectivity index (χ2n) is 5.05. The van der Waals surface area contributed by atoms with Gasteiger partial charge >= 0.3 is 0 Å². The highest BCUT2D eigenvalue weighted by Gasteiger charge is 2.14. The zero-order chi connectivity index (χ0) is 13.7. The van der Waals surface area contributed by atoms with E-state index < -0.39 is 18.3 Å². The number of hydrogen-bond acceptors (Lipinski definition) is 4. The number of hydrogen-bond donors (Lipinski definition) is 3. The molecule has 1 heterocycles. The Labute approximate surface area is 108 Å². The van der Waals surface area contributed by atoms with Crippen LogP contribution in [0.3, 0.4) is 0 Å². The van der Waals surface area contributed by atoms with Gasteiger partial charge in [0, 0.05) is 24.7 Å². The van der Waals surface area contributed by atoms with Crippen molar-refractivity contribution in [2.45, 2.75) is 58.3 Å². The third-order valence-corrected chi connectivity index (χ3v) is 2.75. The molecular weight excluding hydrogens is 230 g/mol. The molecule has 4 nitrogen and oxygen atoms in total. The van der Waals surface area contributed by atoms with E-state index in [9.17, 15) is 15.3 Å². The van der Waals surface area contributed by atoms with Crippen LogP contribution in [0.5, 0.6) is 0 Å². The summed E-state index contributed by atoms with van der Waals surface area (Å²) in [6, 6.07) is 1.87. The van der Waals surface area contributed by atoms with Gasteiger partial charge in [0.25, 0.3) is 0 Å². The van der Waals surface area contributed by atoms with Gasteiger partial charge in [0.05, 0.1) is 18.3 Å². The van der Waals surface area contributed by atoms with Gasteiger partial charge in [-0.05, 0) is 44.4 Å². The SMILES string of the molecule is CC(O)Cc1ccnc(CC(C)O)c1CC(C)O. The molecule has 0 amide bonds. The molecule has 0 aliphatic carbocycles. The van der Waals surface area contributed by atoms with Gasteiger partial charge in [-0.15, -0.1) is 0 Å². The number of rotatable bonds is 6. The minimum absolute atomic E-state index is 0.431. The molecule has 0 radical (unpaired) electrons. The molecule has 0 aliphatic heterocycles. The molecule has 0 spiro atoms. The van der Waals surface area contributed by atoms with Gasteiger partial charge in [0.2, 0.25) is 0 Å². The molecule has 4 heteroatoms. The van der Waals surface area contributed by atoms with Crippen LogP contribution < -0.4 is 0 Å². The number of pyridine rings is 1. The lowest BCUT2D eigenvalue weighted by molar-refractivity contribution is 0.184. The standard InChI is InChI=1S/C14H23NO3/c1-9(16)6-12-4-5-15-14(8-11(3)18)13(12)7-10(2)17/h4-5,9-11,16-18H,6-8H2,1-3H3. The Morgan fingerprint density at radius 2 is 1.50 bits per heavy atom. The van der Waals surface area contributed by atoms with Crippen molar-refractivity contribution in [3.63, 3.8) is 0 Å². The lowest BCUT2D eigenvalue weighted by atomic mass is 9.95. The average molecular weight is 253 g/mol. The molecule has 0 saturated carbocycles. The van der Waals surface area contributed by atoms with E-state index in [1.54, 1.807) is 27.0 Å². The summed E-state index contributed by atoms with van der Waals surface area (Å²) in [4.78, 5) is 4.29. The van der Waals surface area contributed by atoms with Gasteiger partial charge in [-0.2, -0.15) is 0 Å². The first-order valence-electron chi connectivity index (χ1n) is 6.40. The highest BCUT2D eigenvalue weighted by atomic mass is 16.3. The zero-order valence-electron chi connectivity index (χ0n) is 11.3. The molecule has 0 fully saturated rings. The molecule has 0 bridgehead atoms. The number of nitrogens with zero attached hydrogens (tertiary/aromatic N) is 1. The Kier molecular flexibility index (Phi) is 5.72. The van der Waals surface area contributed by atoms with Crippen LogP contribution in [0.25, 0.3) is 0 Å². The van der Waals surface area contributed by atoms with Gasteiger partial charge in [-0.25, -0.2) is 0 Å². The molecule has 1 rings (SSSR count). The summed E-state index contributed by atoms with van der Waals surface area (Å²) < 4.78 is 0. The molecule has 3 atom stereocenters. The van der Waals surface area contributed by atoms with E-state index in [0.29, 0.717) is 19.3 Å². The summed E-state index contributed by atoms with van der Waals surface area (Å²) in [5.74, 6) is 0. The minimum Gasteiger partial charge on any atom is -0.393 e. The third-order valence-electron chi connectivity index (χ3n) is 2.75. The maximum atomic E-state index is 9.57. The Morgan fingerprint density at radius 3 is 2.00 bits per heavy atom. The van der Waals surface area contributed by atoms with Gasteiger partial charge in [-0.3, -0.25) is 4.98 Å². The fraction of sp³-hybridized carbons (Fsp3) is 0.643. The lowest BCUT2D eigenvalue weighted by Crippen LogP contribution is -2.17. The van der Waals surface area contributed by atoms with E-state index in [1.807, 2.05) is 6.07 Å². The Morgan fingerprint density at radius 1 is 0.944 bits per heavy atom. The van der Waals surface area contributed by atoms with Crippen LogP contribution in [0, 0.1) is 0 Å². The van der Waals surface area contributed by atoms with Crippen molar-refractivity contribution < 1.29 is 15.3 Å². The van der Waals surface area contributed by atoms with Crippen molar-refractivity contribution in [1.29, 1.82) is 0 Å². The highest BCUT2D eigenvalue weighted by molar-refractivity contribution is 5.32. The normalized spacial score (nSPS) is 16.3. The first-order valence-corrected chi connectivity index (χ1v) is 6.40. The van der Waals surface area contributed by atoms with Crippen molar-refractivity contribution >= 4 is 0 Å². The largest absolute Gasteiger partial charge is 0.393 e. The molecule has 0 saturated heterocycles. The molecule has 0 aliphatic rings. The van der Waals surface area contributed by atoms with Gasteiger partial charge in [0.1, 0.15) is 0 Å². The summed E-state index contributed by atoms with van der Waals surface area (Å²) in [5.41, 5.74) is 2.76. The van der Waals surface area contributed by atoms with E-state index in [-0.39, 0.29) is 0 Å². The van der Waals surface area contributed by atoms with Crippen LogP contribution in [-0.2, 0) is 19.3 Å². The molecule has 3 unspecified atom stereocenters. The van der Waals surface area contributed by atoms with Crippen molar-refractivity contribution in [3.05, 3.63) is 29.1 Å². The number of aliphatic hydroxyl groups is 3. The molecular formula is C14H23NO3. The third kappa shape index (κ3) is 4.72. The molecule has 1 aromatic rings. The smallest absolute Gasteiger partial charge is 0.0567 e. The fourth-order valence-corrected chi connectivity index (χ4v) is 2.09. The lowest BCUT2D eigenvalue weighted by Gasteiger charge is -2.17. The van der Waals surface area contributed by atoms with Crippen LogP contribution in [0.2, 0.25) is 0 Å². The van der Waals surface area contributed by atoms with Crippen molar-refractivity contribution in [1.82, 2.24) is 4.98 Å². The number of aromatic nitrogens is 1. The van der Waals surface area contributed by atoms with Gasteiger partial charge in [-0.1, -0.05) is 0 Å². The molecule has 102 valence electrons. The second-order valence-corrected chi connectivity index (χ2v) is 5.05. The van der Waals surface area contributed by atoms with Crippen LogP contribution in [0.4, 0.5) is 0 Å². The Balaban J connectivity index is 3.08. The summed E-state index contributed by atoms with van der Waals surface area (Å²) in [6.45, 7) is 5.18. The predicted octanol–water partition coefficient (Wildman–Crippen LogP) is 0.851. The molecule has 0 aromatic carbocycles. The highest BCUT2D eigenvalue weighted by Crippen LogP contribution is 2.18. The fourth-order valence-electron chi connectivity index (χ4n) is 2.09. The van der Waals surface area contributed by atoms with E-state index >= 15 is 0 Å². The first-order chi connectivity index (χ1) is 8.40. The predicted molar refractivity (Wildman–Crippen MR) is 70.4 cm³/mol. The van der Waals surface area contributed by atoms with E-state index in [2.05, 4.69) is 4.98 Å². The average Bonchev–Trinajstić information content (AvgIpc) is 2.20. The molecule has 1 aromatic heterocycles. The first kappa shape index (κ1) is 15.1. The Hall–Kier alpha value is -0.970. The van der Waals surface area contributed by atoms with Crippen molar-refractivity contribution in [3.8, 4) is 0 Å². The quantitative estimate of drug-likeness (QED) is 0.703. The van der Waals surface area contributed by atoms with E-state index in [0.717, 1.165) is 16.8 Å². The molecule has 18 heavy (non-hydrogen) atoms. The van der Waals surface area contributed by atoms with Gasteiger partial charge < -0.3 is 15.3 Å². The van der Waals surface area contributed by atoms with E-state index in [1.165, 1.54) is 0 Å². The zero-order valence-corrected chi connectivity index (χ0v) is 11.3. The Bertz CT molecular complexity index is 347. The van der Waals surface area contributed by atoms with Crippen LogP contribution >= 0.6 is 0 Å². The minimum atomic E-state index is -0.466. The molecule has 3 N–H and O–H groups in total. The monoisotopic (exact) mass is 253 g/mol.